The van der Waals surface area contributed by atoms with E-state index in [1.807, 2.05) is 13.8 Å². The SMILES string of the molecule is CCOCCN(CC)C(=O)NC(=O)CC(C)CC(=O)O. The number of carbonyl (C=O) groups excluding carboxylic acids is 2. The molecule has 7 nitrogen and oxygen atoms in total. The number of rotatable bonds is 9. The van der Waals surface area contributed by atoms with E-state index in [0.29, 0.717) is 26.3 Å². The summed E-state index contributed by atoms with van der Waals surface area (Å²) in [6.07, 6.45) is -0.0789. The second kappa shape index (κ2) is 10.2. The van der Waals surface area contributed by atoms with Crippen molar-refractivity contribution in [3.05, 3.63) is 0 Å². The minimum Gasteiger partial charge on any atom is -0.481 e. The first-order chi connectivity index (χ1) is 9.40. The monoisotopic (exact) mass is 288 g/mol. The molecule has 1 unspecified atom stereocenters. The van der Waals surface area contributed by atoms with Gasteiger partial charge in [-0.05, 0) is 19.8 Å². The van der Waals surface area contributed by atoms with Crippen LogP contribution in [0.15, 0.2) is 0 Å². The average Bonchev–Trinajstić information content (AvgIpc) is 2.32. The molecule has 0 aromatic carbocycles. The molecule has 7 heteroatoms. The minimum atomic E-state index is -0.955. The van der Waals surface area contributed by atoms with Crippen LogP contribution in [0.2, 0.25) is 0 Å². The quantitative estimate of drug-likeness (QED) is 0.619. The van der Waals surface area contributed by atoms with Gasteiger partial charge in [-0.2, -0.15) is 0 Å². The topological polar surface area (TPSA) is 95.9 Å². The van der Waals surface area contributed by atoms with Gasteiger partial charge in [0.2, 0.25) is 5.91 Å². The molecule has 0 fully saturated rings. The molecule has 3 amide bonds. The first-order valence-corrected chi connectivity index (χ1v) is 6.78. The van der Waals surface area contributed by atoms with Crippen molar-refractivity contribution in [2.45, 2.75) is 33.6 Å². The van der Waals surface area contributed by atoms with Gasteiger partial charge in [0.1, 0.15) is 0 Å². The van der Waals surface area contributed by atoms with E-state index >= 15 is 0 Å². The van der Waals surface area contributed by atoms with E-state index in [1.54, 1.807) is 6.92 Å². The highest BCUT2D eigenvalue weighted by molar-refractivity contribution is 5.94. The number of aliphatic carboxylic acids is 1. The van der Waals surface area contributed by atoms with Crippen molar-refractivity contribution in [1.29, 1.82) is 0 Å². The number of carboxylic acids is 1. The highest BCUT2D eigenvalue weighted by Crippen LogP contribution is 2.07. The third-order valence-electron chi connectivity index (χ3n) is 2.68. The van der Waals surface area contributed by atoms with Gasteiger partial charge in [0.15, 0.2) is 0 Å². The number of likely N-dealkylation sites (N-methyl/N-ethyl adjacent to an activating group) is 1. The largest absolute Gasteiger partial charge is 0.481 e. The summed E-state index contributed by atoms with van der Waals surface area (Å²) in [6.45, 7) is 7.20. The van der Waals surface area contributed by atoms with Crippen molar-refractivity contribution in [3.8, 4) is 0 Å². The molecule has 116 valence electrons. The van der Waals surface area contributed by atoms with Gasteiger partial charge in [-0.3, -0.25) is 14.9 Å². The Labute approximate surface area is 119 Å². The van der Waals surface area contributed by atoms with Gasteiger partial charge in [0.05, 0.1) is 6.61 Å². The smallest absolute Gasteiger partial charge is 0.324 e. The summed E-state index contributed by atoms with van der Waals surface area (Å²) in [7, 11) is 0. The highest BCUT2D eigenvalue weighted by Gasteiger charge is 2.17. The fourth-order valence-electron chi connectivity index (χ4n) is 1.66. The Bertz CT molecular complexity index is 333. The van der Waals surface area contributed by atoms with Crippen LogP contribution in [-0.4, -0.2) is 54.2 Å². The van der Waals surface area contributed by atoms with Crippen LogP contribution in [0, 0.1) is 5.92 Å². The number of imide groups is 1. The number of hydrogen-bond donors (Lipinski definition) is 2. The maximum Gasteiger partial charge on any atom is 0.324 e. The Morgan fingerprint density at radius 2 is 1.90 bits per heavy atom. The van der Waals surface area contributed by atoms with Crippen LogP contribution in [0.4, 0.5) is 4.79 Å². The Kier molecular flexibility index (Phi) is 9.36. The van der Waals surface area contributed by atoms with Crippen LogP contribution in [0.25, 0.3) is 0 Å². The Morgan fingerprint density at radius 1 is 1.25 bits per heavy atom. The lowest BCUT2D eigenvalue weighted by atomic mass is 10.0. The molecule has 0 radical (unpaired) electrons. The van der Waals surface area contributed by atoms with Crippen LogP contribution in [0.3, 0.4) is 0 Å². The van der Waals surface area contributed by atoms with Gasteiger partial charge in [-0.1, -0.05) is 6.92 Å². The summed E-state index contributed by atoms with van der Waals surface area (Å²) in [5, 5.41) is 10.9. The van der Waals surface area contributed by atoms with Crippen LogP contribution in [0.5, 0.6) is 0 Å². The van der Waals surface area contributed by atoms with E-state index in [4.69, 9.17) is 9.84 Å². The highest BCUT2D eigenvalue weighted by atomic mass is 16.5. The lowest BCUT2D eigenvalue weighted by Crippen LogP contribution is -2.44. The summed E-state index contributed by atoms with van der Waals surface area (Å²) in [5.74, 6) is -1.72. The van der Waals surface area contributed by atoms with Crippen molar-refractivity contribution in [2.75, 3.05) is 26.3 Å². The number of hydrogen-bond acceptors (Lipinski definition) is 4. The maximum absolute atomic E-state index is 11.8. The number of nitrogens with one attached hydrogen (secondary N) is 1. The van der Waals surface area contributed by atoms with Gasteiger partial charge in [0, 0.05) is 32.5 Å². The van der Waals surface area contributed by atoms with Crippen molar-refractivity contribution in [3.63, 3.8) is 0 Å². The number of carboxylic acid groups (broad SMARTS) is 1. The molecule has 20 heavy (non-hydrogen) atoms. The molecule has 0 aliphatic rings. The molecule has 1 atom stereocenters. The van der Waals surface area contributed by atoms with E-state index in [1.165, 1.54) is 4.90 Å². The van der Waals surface area contributed by atoms with Crippen LogP contribution in [-0.2, 0) is 14.3 Å². The fourth-order valence-corrected chi connectivity index (χ4v) is 1.66. The van der Waals surface area contributed by atoms with Gasteiger partial charge in [0.25, 0.3) is 0 Å². The molecule has 0 aliphatic carbocycles. The van der Waals surface area contributed by atoms with E-state index < -0.39 is 17.9 Å². The third-order valence-corrected chi connectivity index (χ3v) is 2.68. The summed E-state index contributed by atoms with van der Waals surface area (Å²) in [5.41, 5.74) is 0. The predicted octanol–water partition coefficient (Wildman–Crippen LogP) is 1.08. The summed E-state index contributed by atoms with van der Waals surface area (Å²) >= 11 is 0. The standard InChI is InChI=1S/C13H24N2O5/c1-4-15(6-7-20-5-2)13(19)14-11(16)8-10(3)9-12(17)18/h10H,4-9H2,1-3H3,(H,17,18)(H,14,16,19). The first kappa shape index (κ1) is 18.4. The molecule has 0 saturated heterocycles. The fraction of sp³-hybridized carbons (Fsp3) is 0.769. The number of carbonyl (C=O) groups is 3. The molecular formula is C13H24N2O5. The number of amides is 3. The van der Waals surface area contributed by atoms with Crippen molar-refractivity contribution in [2.24, 2.45) is 5.92 Å². The lowest BCUT2D eigenvalue weighted by molar-refractivity contribution is -0.138. The Balaban J connectivity index is 4.14. The third kappa shape index (κ3) is 8.47. The molecule has 2 N–H and O–H groups in total. The predicted molar refractivity (Wildman–Crippen MR) is 73.3 cm³/mol. The lowest BCUT2D eigenvalue weighted by Gasteiger charge is -2.21. The van der Waals surface area contributed by atoms with Crippen LogP contribution in [0.1, 0.15) is 33.6 Å². The minimum absolute atomic E-state index is 0.0149. The zero-order valence-corrected chi connectivity index (χ0v) is 12.3. The number of ether oxygens (including phenoxy) is 1. The molecule has 0 saturated carbocycles. The molecule has 0 bridgehead atoms. The molecule has 0 rings (SSSR count). The Hall–Kier alpha value is -1.63. The summed E-state index contributed by atoms with van der Waals surface area (Å²) in [6, 6.07) is -0.472. The van der Waals surface area contributed by atoms with Crippen LogP contribution < -0.4 is 5.32 Å². The summed E-state index contributed by atoms with van der Waals surface area (Å²) in [4.78, 5) is 35.4. The second-order valence-electron chi connectivity index (χ2n) is 4.54. The van der Waals surface area contributed by atoms with Crippen molar-refractivity contribution < 1.29 is 24.2 Å². The van der Waals surface area contributed by atoms with E-state index in [2.05, 4.69) is 5.32 Å². The van der Waals surface area contributed by atoms with E-state index in [0.717, 1.165) is 0 Å². The molecular weight excluding hydrogens is 264 g/mol. The molecule has 0 aliphatic heterocycles. The molecule has 0 spiro atoms. The second-order valence-corrected chi connectivity index (χ2v) is 4.54. The zero-order valence-electron chi connectivity index (χ0n) is 12.3. The molecule has 0 heterocycles. The average molecular weight is 288 g/mol. The Morgan fingerprint density at radius 3 is 2.40 bits per heavy atom. The van der Waals surface area contributed by atoms with Gasteiger partial charge < -0.3 is 14.7 Å². The maximum atomic E-state index is 11.8. The first-order valence-electron chi connectivity index (χ1n) is 6.78. The van der Waals surface area contributed by atoms with Crippen molar-refractivity contribution >= 4 is 17.9 Å². The molecule has 0 aromatic heterocycles. The van der Waals surface area contributed by atoms with Crippen LogP contribution >= 0.6 is 0 Å². The number of urea groups is 1. The van der Waals surface area contributed by atoms with E-state index in [9.17, 15) is 14.4 Å². The number of nitrogens with zero attached hydrogens (tertiary/aromatic N) is 1. The van der Waals surface area contributed by atoms with E-state index in [-0.39, 0.29) is 18.8 Å². The van der Waals surface area contributed by atoms with Gasteiger partial charge in [-0.15, -0.1) is 0 Å². The van der Waals surface area contributed by atoms with Gasteiger partial charge >= 0.3 is 12.0 Å². The van der Waals surface area contributed by atoms with Crippen molar-refractivity contribution in [1.82, 2.24) is 10.2 Å². The summed E-state index contributed by atoms with van der Waals surface area (Å²) < 4.78 is 5.16. The zero-order chi connectivity index (χ0) is 15.5. The molecule has 0 aromatic rings. The van der Waals surface area contributed by atoms with Gasteiger partial charge in [-0.25, -0.2) is 4.79 Å². The normalized spacial score (nSPS) is 11.8.